The molecule has 0 bridgehead atoms. The highest BCUT2D eigenvalue weighted by molar-refractivity contribution is 4.88. The van der Waals surface area contributed by atoms with Gasteiger partial charge in [-0.2, -0.15) is 0 Å². The van der Waals surface area contributed by atoms with Crippen molar-refractivity contribution in [1.82, 2.24) is 10.2 Å². The topological polar surface area (TPSA) is 15.3 Å². The van der Waals surface area contributed by atoms with Crippen molar-refractivity contribution in [2.45, 2.75) is 46.1 Å². The molecular weight excluding hydrogens is 196 g/mol. The van der Waals surface area contributed by atoms with E-state index in [0.29, 0.717) is 6.04 Å². The molecule has 1 saturated carbocycles. The van der Waals surface area contributed by atoms with E-state index in [1.54, 1.807) is 0 Å². The normalized spacial score (nSPS) is 32.2. The molecule has 3 unspecified atom stereocenters. The summed E-state index contributed by atoms with van der Waals surface area (Å²) in [4.78, 5) is 2.71. The zero-order chi connectivity index (χ0) is 11.5. The zero-order valence-corrected chi connectivity index (χ0v) is 11.2. The highest BCUT2D eigenvalue weighted by Gasteiger charge is 2.35. The highest BCUT2D eigenvalue weighted by atomic mass is 15.2. The van der Waals surface area contributed by atoms with Crippen LogP contribution >= 0.6 is 0 Å². The van der Waals surface area contributed by atoms with E-state index in [1.807, 2.05) is 0 Å². The van der Waals surface area contributed by atoms with Gasteiger partial charge in [0.05, 0.1) is 0 Å². The smallest absolute Gasteiger partial charge is 0.00194 e. The van der Waals surface area contributed by atoms with Gasteiger partial charge in [-0.3, -0.25) is 0 Å². The van der Waals surface area contributed by atoms with Crippen LogP contribution in [0.5, 0.6) is 0 Å². The zero-order valence-electron chi connectivity index (χ0n) is 11.2. The van der Waals surface area contributed by atoms with E-state index in [-0.39, 0.29) is 0 Å². The molecule has 1 aliphatic heterocycles. The van der Waals surface area contributed by atoms with E-state index in [2.05, 4.69) is 31.0 Å². The van der Waals surface area contributed by atoms with E-state index in [1.165, 1.54) is 45.4 Å². The van der Waals surface area contributed by atoms with Crippen molar-refractivity contribution in [3.8, 4) is 0 Å². The predicted octanol–water partition coefficient (Wildman–Crippen LogP) is 2.35. The predicted molar refractivity (Wildman–Crippen MR) is 69.6 cm³/mol. The van der Waals surface area contributed by atoms with Crippen LogP contribution in [0.3, 0.4) is 0 Å². The molecule has 2 rings (SSSR count). The first-order valence-corrected chi connectivity index (χ1v) is 7.11. The average Bonchev–Trinajstić information content (AvgIpc) is 2.74. The van der Waals surface area contributed by atoms with Gasteiger partial charge in [0.25, 0.3) is 0 Å². The second-order valence-electron chi connectivity index (χ2n) is 6.34. The van der Waals surface area contributed by atoms with Crippen LogP contribution in [0.15, 0.2) is 0 Å². The Bertz CT molecular complexity index is 203. The first kappa shape index (κ1) is 12.4. The quantitative estimate of drug-likeness (QED) is 0.771. The van der Waals surface area contributed by atoms with Gasteiger partial charge in [-0.15, -0.1) is 0 Å². The molecule has 2 fully saturated rings. The third-order valence-corrected chi connectivity index (χ3v) is 4.25. The van der Waals surface area contributed by atoms with E-state index in [4.69, 9.17) is 0 Å². The summed E-state index contributed by atoms with van der Waals surface area (Å²) >= 11 is 0. The number of nitrogens with zero attached hydrogens (tertiary/aromatic N) is 1. The fourth-order valence-electron chi connectivity index (χ4n) is 3.42. The number of likely N-dealkylation sites (tertiary alicyclic amines) is 1. The SMILES string of the molecule is CC(CNC(C)C)CN1CC2CCCC2C1. The Morgan fingerprint density at radius 1 is 1.12 bits per heavy atom. The molecule has 0 aromatic heterocycles. The molecule has 16 heavy (non-hydrogen) atoms. The molecule has 0 radical (unpaired) electrons. The summed E-state index contributed by atoms with van der Waals surface area (Å²) in [6.45, 7) is 12.1. The monoisotopic (exact) mass is 224 g/mol. The molecule has 2 nitrogen and oxygen atoms in total. The average molecular weight is 224 g/mol. The molecule has 2 aliphatic rings. The van der Waals surface area contributed by atoms with Crippen LogP contribution < -0.4 is 5.32 Å². The molecule has 0 amide bonds. The van der Waals surface area contributed by atoms with Crippen molar-refractivity contribution in [3.05, 3.63) is 0 Å². The summed E-state index contributed by atoms with van der Waals surface area (Å²) in [5.41, 5.74) is 0. The Morgan fingerprint density at radius 2 is 1.75 bits per heavy atom. The third-order valence-electron chi connectivity index (χ3n) is 4.25. The number of fused-ring (bicyclic) bond motifs is 1. The number of hydrogen-bond donors (Lipinski definition) is 1. The fraction of sp³-hybridized carbons (Fsp3) is 1.00. The lowest BCUT2D eigenvalue weighted by atomic mass is 10.0. The Balaban J connectivity index is 1.66. The molecule has 2 heteroatoms. The Hall–Kier alpha value is -0.0800. The van der Waals surface area contributed by atoms with Crippen molar-refractivity contribution in [3.63, 3.8) is 0 Å². The van der Waals surface area contributed by atoms with Crippen molar-refractivity contribution in [1.29, 1.82) is 0 Å². The number of rotatable bonds is 5. The van der Waals surface area contributed by atoms with E-state index >= 15 is 0 Å². The second-order valence-corrected chi connectivity index (χ2v) is 6.34. The van der Waals surface area contributed by atoms with Gasteiger partial charge < -0.3 is 10.2 Å². The standard InChI is InChI=1S/C14H28N2/c1-11(2)15-7-12(3)8-16-9-13-5-4-6-14(13)10-16/h11-15H,4-10H2,1-3H3. The first-order chi connectivity index (χ1) is 7.65. The lowest BCUT2D eigenvalue weighted by Crippen LogP contribution is -2.35. The lowest BCUT2D eigenvalue weighted by Gasteiger charge is -2.22. The van der Waals surface area contributed by atoms with Crippen molar-refractivity contribution >= 4 is 0 Å². The fourth-order valence-corrected chi connectivity index (χ4v) is 3.42. The van der Waals surface area contributed by atoms with Gasteiger partial charge in [-0.25, -0.2) is 0 Å². The number of nitrogens with one attached hydrogen (secondary N) is 1. The van der Waals surface area contributed by atoms with Crippen molar-refractivity contribution < 1.29 is 0 Å². The van der Waals surface area contributed by atoms with Crippen LogP contribution in [0.2, 0.25) is 0 Å². The van der Waals surface area contributed by atoms with Crippen LogP contribution in [0.25, 0.3) is 0 Å². The van der Waals surface area contributed by atoms with E-state index in [9.17, 15) is 0 Å². The van der Waals surface area contributed by atoms with Crippen molar-refractivity contribution in [2.24, 2.45) is 17.8 Å². The summed E-state index contributed by atoms with van der Waals surface area (Å²) < 4.78 is 0. The molecular formula is C14H28N2. The highest BCUT2D eigenvalue weighted by Crippen LogP contribution is 2.37. The maximum atomic E-state index is 3.54. The molecule has 1 saturated heterocycles. The summed E-state index contributed by atoms with van der Waals surface area (Å²) in [5.74, 6) is 2.89. The summed E-state index contributed by atoms with van der Waals surface area (Å²) in [7, 11) is 0. The molecule has 1 aliphatic carbocycles. The molecule has 1 N–H and O–H groups in total. The maximum absolute atomic E-state index is 3.54. The minimum absolute atomic E-state index is 0.625. The Morgan fingerprint density at radius 3 is 2.31 bits per heavy atom. The van der Waals surface area contributed by atoms with Gasteiger partial charge in [0.1, 0.15) is 0 Å². The van der Waals surface area contributed by atoms with Crippen LogP contribution in [0, 0.1) is 17.8 Å². The van der Waals surface area contributed by atoms with E-state index in [0.717, 1.165) is 17.8 Å². The maximum Gasteiger partial charge on any atom is 0.00194 e. The molecule has 0 spiro atoms. The largest absolute Gasteiger partial charge is 0.314 e. The summed E-state index contributed by atoms with van der Waals surface area (Å²) in [6.07, 6.45) is 4.49. The van der Waals surface area contributed by atoms with Gasteiger partial charge in [-0.05, 0) is 37.1 Å². The summed E-state index contributed by atoms with van der Waals surface area (Å²) in [5, 5.41) is 3.54. The summed E-state index contributed by atoms with van der Waals surface area (Å²) in [6, 6.07) is 0.625. The lowest BCUT2D eigenvalue weighted by molar-refractivity contribution is 0.261. The van der Waals surface area contributed by atoms with E-state index < -0.39 is 0 Å². The van der Waals surface area contributed by atoms with Crippen LogP contribution in [-0.4, -0.2) is 37.1 Å². The van der Waals surface area contributed by atoms with Gasteiger partial charge in [-0.1, -0.05) is 27.2 Å². The minimum Gasteiger partial charge on any atom is -0.314 e. The van der Waals surface area contributed by atoms with Crippen LogP contribution in [0.4, 0.5) is 0 Å². The molecule has 1 heterocycles. The number of hydrogen-bond acceptors (Lipinski definition) is 2. The first-order valence-electron chi connectivity index (χ1n) is 7.11. The van der Waals surface area contributed by atoms with Gasteiger partial charge >= 0.3 is 0 Å². The van der Waals surface area contributed by atoms with Crippen molar-refractivity contribution in [2.75, 3.05) is 26.2 Å². The van der Waals surface area contributed by atoms with Crippen LogP contribution in [-0.2, 0) is 0 Å². The van der Waals surface area contributed by atoms with Gasteiger partial charge in [0, 0.05) is 25.7 Å². The Labute approximate surface area is 101 Å². The molecule has 0 aromatic rings. The molecule has 3 atom stereocenters. The second kappa shape index (κ2) is 5.50. The third kappa shape index (κ3) is 3.21. The molecule has 0 aromatic carbocycles. The Kier molecular flexibility index (Phi) is 4.26. The van der Waals surface area contributed by atoms with Crippen LogP contribution in [0.1, 0.15) is 40.0 Å². The minimum atomic E-state index is 0.625. The van der Waals surface area contributed by atoms with Gasteiger partial charge in [0.2, 0.25) is 0 Å². The molecule has 94 valence electrons. The van der Waals surface area contributed by atoms with Gasteiger partial charge in [0.15, 0.2) is 0 Å².